The molecule has 0 aromatic carbocycles. The molecule has 0 atom stereocenters. The Labute approximate surface area is 123 Å². The molecule has 1 amide bonds. The van der Waals surface area contributed by atoms with Crippen molar-refractivity contribution in [1.29, 1.82) is 0 Å². The van der Waals surface area contributed by atoms with Crippen LogP contribution in [0.25, 0.3) is 0 Å². The summed E-state index contributed by atoms with van der Waals surface area (Å²) in [5, 5.41) is 6.83. The number of nitrogens with one attached hydrogen (secondary N) is 1. The van der Waals surface area contributed by atoms with Crippen LogP contribution in [0.1, 0.15) is 60.2 Å². The van der Waals surface area contributed by atoms with Gasteiger partial charge in [0.25, 0.3) is 5.91 Å². The van der Waals surface area contributed by atoms with Gasteiger partial charge in [-0.2, -0.15) is 0 Å². The molecule has 3 N–H and O–H groups in total. The Morgan fingerprint density at radius 2 is 2.10 bits per heavy atom. The molecular formula is C15H21N3O3. The minimum Gasteiger partial charge on any atom is -0.467 e. The van der Waals surface area contributed by atoms with Gasteiger partial charge in [-0.25, -0.2) is 0 Å². The van der Waals surface area contributed by atoms with Crippen LogP contribution in [0.15, 0.2) is 27.3 Å². The summed E-state index contributed by atoms with van der Waals surface area (Å²) >= 11 is 0. The van der Waals surface area contributed by atoms with Crippen LogP contribution >= 0.6 is 0 Å². The van der Waals surface area contributed by atoms with Crippen molar-refractivity contribution in [2.45, 2.75) is 45.7 Å². The third-order valence-corrected chi connectivity index (χ3v) is 3.52. The molecule has 0 radical (unpaired) electrons. The summed E-state index contributed by atoms with van der Waals surface area (Å²) in [6, 6.07) is 3.53. The van der Waals surface area contributed by atoms with Gasteiger partial charge in [0.1, 0.15) is 12.0 Å². The van der Waals surface area contributed by atoms with Crippen molar-refractivity contribution in [3.63, 3.8) is 0 Å². The van der Waals surface area contributed by atoms with Crippen molar-refractivity contribution < 1.29 is 13.7 Å². The second-order valence-corrected chi connectivity index (χ2v) is 4.92. The van der Waals surface area contributed by atoms with Crippen LogP contribution in [0.5, 0.6) is 0 Å². The van der Waals surface area contributed by atoms with E-state index in [9.17, 15) is 4.79 Å². The van der Waals surface area contributed by atoms with Gasteiger partial charge < -0.3 is 20.0 Å². The summed E-state index contributed by atoms with van der Waals surface area (Å²) in [5.41, 5.74) is 6.83. The summed E-state index contributed by atoms with van der Waals surface area (Å²) in [6.45, 7) is 4.82. The highest BCUT2D eigenvalue weighted by Crippen LogP contribution is 2.22. The standard InChI is InChI=1S/C15H21N3O3/c1-3-10(4-2)14-6-13(21-18-14)8-17-15(19)11-5-12(7-16)20-9-11/h5-6,9-10H,3-4,7-8,16H2,1-2H3,(H,17,19). The number of hydrogen-bond acceptors (Lipinski definition) is 5. The van der Waals surface area contributed by atoms with Crippen LogP contribution < -0.4 is 11.1 Å². The maximum absolute atomic E-state index is 11.9. The van der Waals surface area contributed by atoms with Crippen LogP contribution in [0, 0.1) is 0 Å². The Morgan fingerprint density at radius 1 is 1.33 bits per heavy atom. The average Bonchev–Trinajstić information content (AvgIpc) is 3.15. The van der Waals surface area contributed by atoms with E-state index >= 15 is 0 Å². The van der Waals surface area contributed by atoms with Gasteiger partial charge in [-0.3, -0.25) is 4.79 Å². The zero-order chi connectivity index (χ0) is 15.2. The van der Waals surface area contributed by atoms with Gasteiger partial charge in [0, 0.05) is 12.0 Å². The first-order valence-corrected chi connectivity index (χ1v) is 7.19. The second kappa shape index (κ2) is 7.08. The average molecular weight is 291 g/mol. The van der Waals surface area contributed by atoms with Gasteiger partial charge in [0.05, 0.1) is 24.3 Å². The number of amides is 1. The van der Waals surface area contributed by atoms with E-state index < -0.39 is 0 Å². The topological polar surface area (TPSA) is 94.3 Å². The monoisotopic (exact) mass is 291 g/mol. The van der Waals surface area contributed by atoms with Crippen molar-refractivity contribution in [2.24, 2.45) is 5.73 Å². The van der Waals surface area contributed by atoms with E-state index in [2.05, 4.69) is 24.3 Å². The lowest BCUT2D eigenvalue weighted by Crippen LogP contribution is -2.22. The molecule has 0 spiro atoms. The smallest absolute Gasteiger partial charge is 0.254 e. The Bertz CT molecular complexity index is 585. The predicted octanol–water partition coefficient (Wildman–Crippen LogP) is 2.56. The van der Waals surface area contributed by atoms with Crippen LogP contribution in [-0.4, -0.2) is 11.1 Å². The minimum absolute atomic E-state index is 0.223. The Kier molecular flexibility index (Phi) is 5.16. The largest absolute Gasteiger partial charge is 0.467 e. The Hall–Kier alpha value is -2.08. The fraction of sp³-hybridized carbons (Fsp3) is 0.467. The lowest BCUT2D eigenvalue weighted by atomic mass is 9.99. The number of nitrogens with zero attached hydrogens (tertiary/aromatic N) is 1. The van der Waals surface area contributed by atoms with Gasteiger partial charge in [-0.15, -0.1) is 0 Å². The van der Waals surface area contributed by atoms with Gasteiger partial charge in [0.2, 0.25) is 0 Å². The summed E-state index contributed by atoms with van der Waals surface area (Å²) < 4.78 is 10.4. The zero-order valence-corrected chi connectivity index (χ0v) is 12.4. The Balaban J connectivity index is 1.92. The van der Waals surface area contributed by atoms with Crippen molar-refractivity contribution >= 4 is 5.91 Å². The van der Waals surface area contributed by atoms with Crippen LogP contribution in [-0.2, 0) is 13.1 Å². The molecule has 6 heteroatoms. The number of carbonyl (C=O) groups excluding carboxylic acids is 1. The zero-order valence-electron chi connectivity index (χ0n) is 12.4. The SMILES string of the molecule is CCC(CC)c1cc(CNC(=O)c2coc(CN)c2)on1. The highest BCUT2D eigenvalue weighted by Gasteiger charge is 2.14. The predicted molar refractivity (Wildman–Crippen MR) is 77.6 cm³/mol. The molecule has 2 aromatic heterocycles. The van der Waals surface area contributed by atoms with Gasteiger partial charge >= 0.3 is 0 Å². The maximum Gasteiger partial charge on any atom is 0.254 e. The van der Waals surface area contributed by atoms with E-state index in [4.69, 9.17) is 14.7 Å². The normalized spacial score (nSPS) is 11.0. The van der Waals surface area contributed by atoms with Crippen LogP contribution in [0.4, 0.5) is 0 Å². The molecular weight excluding hydrogens is 270 g/mol. The molecule has 114 valence electrons. The molecule has 6 nitrogen and oxygen atoms in total. The third-order valence-electron chi connectivity index (χ3n) is 3.52. The molecule has 0 aliphatic carbocycles. The molecule has 0 saturated carbocycles. The van der Waals surface area contributed by atoms with E-state index in [1.807, 2.05) is 6.07 Å². The van der Waals surface area contributed by atoms with E-state index in [1.54, 1.807) is 6.07 Å². The quantitative estimate of drug-likeness (QED) is 0.817. The molecule has 0 aliphatic heterocycles. The van der Waals surface area contributed by atoms with E-state index in [-0.39, 0.29) is 12.5 Å². The number of furan rings is 1. The first-order valence-electron chi connectivity index (χ1n) is 7.19. The van der Waals surface area contributed by atoms with Crippen molar-refractivity contribution in [2.75, 3.05) is 0 Å². The first kappa shape index (κ1) is 15.3. The van der Waals surface area contributed by atoms with E-state index in [1.165, 1.54) is 6.26 Å². The lowest BCUT2D eigenvalue weighted by Gasteiger charge is -2.05. The van der Waals surface area contributed by atoms with Crippen LogP contribution in [0.3, 0.4) is 0 Å². The first-order chi connectivity index (χ1) is 10.2. The summed E-state index contributed by atoms with van der Waals surface area (Å²) in [7, 11) is 0. The van der Waals surface area contributed by atoms with Crippen LogP contribution in [0.2, 0.25) is 0 Å². The lowest BCUT2D eigenvalue weighted by molar-refractivity contribution is 0.0946. The number of carbonyl (C=O) groups is 1. The molecule has 0 bridgehead atoms. The van der Waals surface area contributed by atoms with Gasteiger partial charge in [0.15, 0.2) is 5.76 Å². The van der Waals surface area contributed by atoms with E-state index in [0.717, 1.165) is 18.5 Å². The number of rotatable bonds is 7. The second-order valence-electron chi connectivity index (χ2n) is 4.92. The van der Waals surface area contributed by atoms with Crippen molar-refractivity contribution in [3.8, 4) is 0 Å². The molecule has 2 rings (SSSR count). The molecule has 0 fully saturated rings. The highest BCUT2D eigenvalue weighted by molar-refractivity contribution is 5.93. The molecule has 0 saturated heterocycles. The maximum atomic E-state index is 11.9. The number of hydrogen-bond donors (Lipinski definition) is 2. The molecule has 2 heterocycles. The van der Waals surface area contributed by atoms with Crippen molar-refractivity contribution in [1.82, 2.24) is 10.5 Å². The minimum atomic E-state index is -0.223. The summed E-state index contributed by atoms with van der Waals surface area (Å²) in [5.74, 6) is 1.40. The summed E-state index contributed by atoms with van der Waals surface area (Å²) in [6.07, 6.45) is 3.44. The summed E-state index contributed by atoms with van der Waals surface area (Å²) in [4.78, 5) is 11.9. The third kappa shape index (κ3) is 3.72. The fourth-order valence-electron chi connectivity index (χ4n) is 2.19. The Morgan fingerprint density at radius 3 is 2.71 bits per heavy atom. The number of aromatic nitrogens is 1. The molecule has 21 heavy (non-hydrogen) atoms. The molecule has 2 aromatic rings. The van der Waals surface area contributed by atoms with E-state index in [0.29, 0.717) is 29.5 Å². The molecule has 0 unspecified atom stereocenters. The van der Waals surface area contributed by atoms with Crippen molar-refractivity contribution in [3.05, 3.63) is 41.2 Å². The van der Waals surface area contributed by atoms with Gasteiger partial charge in [-0.05, 0) is 18.9 Å². The van der Waals surface area contributed by atoms with Gasteiger partial charge in [-0.1, -0.05) is 19.0 Å². The fourth-order valence-corrected chi connectivity index (χ4v) is 2.19. The highest BCUT2D eigenvalue weighted by atomic mass is 16.5. The number of nitrogens with two attached hydrogens (primary N) is 1. The molecule has 0 aliphatic rings.